The van der Waals surface area contributed by atoms with Gasteiger partial charge in [0.05, 0.1) is 25.3 Å². The second-order valence-electron chi connectivity index (χ2n) is 6.76. The number of ether oxygens (including phenoxy) is 1. The third-order valence-corrected chi connectivity index (χ3v) is 5.35. The number of hydrogen-bond acceptors (Lipinski definition) is 3. The van der Waals surface area contributed by atoms with Crippen molar-refractivity contribution in [3.05, 3.63) is 0 Å². The highest BCUT2D eigenvalue weighted by Crippen LogP contribution is 2.31. The van der Waals surface area contributed by atoms with Crippen LogP contribution in [0.25, 0.3) is 0 Å². The summed E-state index contributed by atoms with van der Waals surface area (Å²) in [4.78, 5) is 16.7. The van der Waals surface area contributed by atoms with E-state index in [1.54, 1.807) is 4.90 Å². The first-order valence-electron chi connectivity index (χ1n) is 8.57. The van der Waals surface area contributed by atoms with E-state index in [9.17, 15) is 13.6 Å². The minimum absolute atomic E-state index is 0.00889. The summed E-state index contributed by atoms with van der Waals surface area (Å²) in [5, 5.41) is 0. The Morgan fingerprint density at radius 3 is 2.55 bits per heavy atom. The zero-order valence-electron chi connectivity index (χ0n) is 13.1. The van der Waals surface area contributed by atoms with Crippen molar-refractivity contribution in [2.24, 2.45) is 5.92 Å². The van der Waals surface area contributed by atoms with Crippen molar-refractivity contribution in [3.8, 4) is 0 Å². The van der Waals surface area contributed by atoms with Crippen molar-refractivity contribution >= 4 is 5.91 Å². The topological polar surface area (TPSA) is 32.8 Å². The molecule has 0 radical (unpaired) electrons. The number of carbonyl (C=O) groups excluding carboxylic acids is 1. The zero-order chi connectivity index (χ0) is 15.5. The van der Waals surface area contributed by atoms with Gasteiger partial charge in [-0.15, -0.1) is 0 Å². The quantitative estimate of drug-likeness (QED) is 0.800. The number of amides is 1. The molecule has 3 rings (SSSR count). The maximum Gasteiger partial charge on any atom is 0.251 e. The van der Waals surface area contributed by atoms with Crippen LogP contribution in [0.5, 0.6) is 0 Å². The van der Waals surface area contributed by atoms with Gasteiger partial charge in [-0.2, -0.15) is 0 Å². The van der Waals surface area contributed by atoms with E-state index < -0.39 is 6.43 Å². The molecule has 0 N–H and O–H groups in total. The highest BCUT2D eigenvalue weighted by atomic mass is 19.3. The van der Waals surface area contributed by atoms with E-state index in [1.807, 2.05) is 4.90 Å². The first-order valence-corrected chi connectivity index (χ1v) is 8.57. The molecule has 1 saturated carbocycles. The van der Waals surface area contributed by atoms with Crippen molar-refractivity contribution in [3.63, 3.8) is 0 Å². The summed E-state index contributed by atoms with van der Waals surface area (Å²) in [5.74, 6) is 0.242. The molecule has 22 heavy (non-hydrogen) atoms. The van der Waals surface area contributed by atoms with Crippen molar-refractivity contribution in [1.29, 1.82) is 0 Å². The van der Waals surface area contributed by atoms with Crippen molar-refractivity contribution < 1.29 is 18.3 Å². The molecule has 1 aliphatic carbocycles. The lowest BCUT2D eigenvalue weighted by molar-refractivity contribution is -0.155. The van der Waals surface area contributed by atoms with Crippen LogP contribution in [-0.4, -0.2) is 67.1 Å². The van der Waals surface area contributed by atoms with Crippen LogP contribution in [-0.2, 0) is 9.53 Å². The molecule has 2 heterocycles. The molecule has 2 aliphatic heterocycles. The molecule has 2 atom stereocenters. The summed E-state index contributed by atoms with van der Waals surface area (Å²) in [5.41, 5.74) is 0. The normalized spacial score (nSPS) is 31.3. The molecule has 4 nitrogen and oxygen atoms in total. The molecular formula is C16H26F2N2O2. The van der Waals surface area contributed by atoms with Gasteiger partial charge < -0.3 is 9.64 Å². The Morgan fingerprint density at radius 2 is 1.82 bits per heavy atom. The molecule has 0 spiro atoms. The Hall–Kier alpha value is -0.750. The van der Waals surface area contributed by atoms with Crippen molar-refractivity contribution in [2.75, 3.05) is 32.8 Å². The summed E-state index contributed by atoms with van der Waals surface area (Å²) < 4.78 is 30.7. The monoisotopic (exact) mass is 316 g/mol. The van der Waals surface area contributed by atoms with E-state index in [0.717, 1.165) is 12.8 Å². The Kier molecular flexibility index (Phi) is 5.29. The average Bonchev–Trinajstić information content (AvgIpc) is 2.54. The fourth-order valence-corrected chi connectivity index (χ4v) is 4.16. The Labute approximate surface area is 130 Å². The van der Waals surface area contributed by atoms with Crippen molar-refractivity contribution in [1.82, 2.24) is 9.80 Å². The van der Waals surface area contributed by atoms with E-state index >= 15 is 0 Å². The fraction of sp³-hybridized carbons (Fsp3) is 0.938. The van der Waals surface area contributed by atoms with Gasteiger partial charge in [0.2, 0.25) is 5.91 Å². The van der Waals surface area contributed by atoms with Crippen molar-refractivity contribution in [2.45, 2.75) is 57.1 Å². The van der Waals surface area contributed by atoms with Crippen LogP contribution in [0.15, 0.2) is 0 Å². The van der Waals surface area contributed by atoms with Gasteiger partial charge in [0, 0.05) is 12.5 Å². The SMILES string of the molecule is O=C(C1CCN(CC(F)F)CC1)N1CCO[C@@H]2CCCC[C@@H]21. The molecule has 126 valence electrons. The van der Waals surface area contributed by atoms with Gasteiger partial charge in [0.1, 0.15) is 0 Å². The first-order chi connectivity index (χ1) is 10.6. The zero-order valence-corrected chi connectivity index (χ0v) is 13.1. The van der Waals surface area contributed by atoms with Gasteiger partial charge in [0.25, 0.3) is 6.43 Å². The molecule has 2 saturated heterocycles. The molecule has 3 aliphatic rings. The molecule has 0 bridgehead atoms. The lowest BCUT2D eigenvalue weighted by atomic mass is 9.88. The van der Waals surface area contributed by atoms with Crippen LogP contribution < -0.4 is 0 Å². The second kappa shape index (κ2) is 7.21. The smallest absolute Gasteiger partial charge is 0.251 e. The fourth-order valence-electron chi connectivity index (χ4n) is 4.16. The number of halogens is 2. The van der Waals surface area contributed by atoms with E-state index in [2.05, 4.69) is 0 Å². The van der Waals surface area contributed by atoms with E-state index in [1.165, 1.54) is 12.8 Å². The van der Waals surface area contributed by atoms with Gasteiger partial charge in [-0.05, 0) is 38.8 Å². The van der Waals surface area contributed by atoms with E-state index in [4.69, 9.17) is 4.74 Å². The van der Waals surface area contributed by atoms with E-state index in [-0.39, 0.29) is 30.5 Å². The van der Waals surface area contributed by atoms with Crippen LogP contribution in [0.3, 0.4) is 0 Å². The number of carbonyl (C=O) groups is 1. The summed E-state index contributed by atoms with van der Waals surface area (Å²) >= 11 is 0. The summed E-state index contributed by atoms with van der Waals surface area (Å²) in [6.07, 6.45) is 3.80. The van der Waals surface area contributed by atoms with Crippen LogP contribution in [0.1, 0.15) is 38.5 Å². The number of piperidine rings is 1. The third-order valence-electron chi connectivity index (χ3n) is 5.35. The lowest BCUT2D eigenvalue weighted by Gasteiger charge is -2.45. The third kappa shape index (κ3) is 3.59. The Balaban J connectivity index is 1.55. The molecule has 0 unspecified atom stereocenters. The number of likely N-dealkylation sites (tertiary alicyclic amines) is 1. The lowest BCUT2D eigenvalue weighted by Crippen LogP contribution is -2.57. The maximum atomic E-state index is 12.8. The van der Waals surface area contributed by atoms with Crippen LogP contribution in [0.2, 0.25) is 0 Å². The summed E-state index contributed by atoms with van der Waals surface area (Å²) in [7, 11) is 0. The van der Waals surface area contributed by atoms with Gasteiger partial charge >= 0.3 is 0 Å². The molecule has 0 aromatic heterocycles. The minimum Gasteiger partial charge on any atom is -0.374 e. The largest absolute Gasteiger partial charge is 0.374 e. The Morgan fingerprint density at radius 1 is 1.09 bits per heavy atom. The van der Waals surface area contributed by atoms with Gasteiger partial charge in [-0.1, -0.05) is 12.8 Å². The molecular weight excluding hydrogens is 290 g/mol. The summed E-state index contributed by atoms with van der Waals surface area (Å²) in [6.45, 7) is 2.38. The van der Waals surface area contributed by atoms with Crippen LogP contribution >= 0.6 is 0 Å². The molecule has 6 heteroatoms. The first kappa shape index (κ1) is 16.1. The predicted molar refractivity (Wildman–Crippen MR) is 78.9 cm³/mol. The van der Waals surface area contributed by atoms with Crippen LogP contribution in [0, 0.1) is 5.92 Å². The number of rotatable bonds is 3. The molecule has 1 amide bonds. The molecule has 3 fully saturated rings. The number of nitrogens with zero attached hydrogens (tertiary/aromatic N) is 2. The number of fused-ring (bicyclic) bond motifs is 1. The second-order valence-corrected chi connectivity index (χ2v) is 6.76. The maximum absolute atomic E-state index is 12.8. The number of hydrogen-bond donors (Lipinski definition) is 0. The Bertz CT molecular complexity index is 384. The van der Waals surface area contributed by atoms with Crippen LogP contribution in [0.4, 0.5) is 8.78 Å². The molecule has 0 aromatic rings. The predicted octanol–water partition coefficient (Wildman–Crippen LogP) is 2.13. The van der Waals surface area contributed by atoms with Gasteiger partial charge in [-0.3, -0.25) is 9.69 Å². The van der Waals surface area contributed by atoms with Gasteiger partial charge in [-0.25, -0.2) is 8.78 Å². The number of morpholine rings is 1. The average molecular weight is 316 g/mol. The molecule has 0 aromatic carbocycles. The van der Waals surface area contributed by atoms with Gasteiger partial charge in [0.15, 0.2) is 0 Å². The highest BCUT2D eigenvalue weighted by molar-refractivity contribution is 5.79. The van der Waals surface area contributed by atoms with E-state index in [0.29, 0.717) is 39.1 Å². The summed E-state index contributed by atoms with van der Waals surface area (Å²) in [6, 6.07) is 0.245. The minimum atomic E-state index is -2.28. The highest BCUT2D eigenvalue weighted by Gasteiger charge is 2.39. The number of alkyl halides is 2. The standard InChI is InChI=1S/C16H26F2N2O2/c17-15(18)11-19-7-5-12(6-8-19)16(21)20-9-10-22-14-4-2-1-3-13(14)20/h12-15H,1-11H2/t13-,14+/m0/s1.